The second-order valence-corrected chi connectivity index (χ2v) is 6.15. The van der Waals surface area contributed by atoms with Gasteiger partial charge >= 0.3 is 0 Å². The zero-order valence-electron chi connectivity index (χ0n) is 12.4. The van der Waals surface area contributed by atoms with Crippen LogP contribution in [-0.4, -0.2) is 14.5 Å². The molecule has 1 atom stereocenters. The van der Waals surface area contributed by atoms with Crippen LogP contribution in [0.5, 0.6) is 0 Å². The average molecular weight is 283 g/mol. The molecule has 0 radical (unpaired) electrons. The fourth-order valence-electron chi connectivity index (χ4n) is 3.42. The lowest BCUT2D eigenvalue weighted by atomic mass is 9.67. The summed E-state index contributed by atoms with van der Waals surface area (Å²) in [5.41, 5.74) is 0.739. The lowest BCUT2D eigenvalue weighted by Crippen LogP contribution is -2.32. The minimum absolute atomic E-state index is 0.609. The van der Waals surface area contributed by atoms with Gasteiger partial charge in [-0.1, -0.05) is 19.4 Å². The molecule has 21 heavy (non-hydrogen) atoms. The summed E-state index contributed by atoms with van der Waals surface area (Å²) in [6, 6.07) is 8.16. The van der Waals surface area contributed by atoms with Gasteiger partial charge < -0.3 is 9.51 Å². The number of hydrogen-bond acceptors (Lipinski definition) is 3. The minimum atomic E-state index is -0.805. The maximum absolute atomic E-state index is 10.8. The van der Waals surface area contributed by atoms with E-state index in [4.69, 9.17) is 0 Å². The number of aliphatic hydroxyl groups is 1. The Morgan fingerprint density at radius 1 is 1.48 bits per heavy atom. The van der Waals surface area contributed by atoms with E-state index in [1.807, 2.05) is 35.0 Å². The van der Waals surface area contributed by atoms with E-state index in [1.165, 1.54) is 0 Å². The smallest absolute Gasteiger partial charge is 0.137 e. The number of imidazole rings is 1. The van der Waals surface area contributed by atoms with E-state index in [0.29, 0.717) is 11.6 Å². The summed E-state index contributed by atoms with van der Waals surface area (Å²) in [6.07, 6.45) is 7.67. The Kier molecular flexibility index (Phi) is 3.69. The van der Waals surface area contributed by atoms with E-state index < -0.39 is 11.5 Å². The van der Waals surface area contributed by atoms with Crippen molar-refractivity contribution in [3.8, 4) is 6.07 Å². The third kappa shape index (κ3) is 2.43. The molecule has 2 aromatic heterocycles. The summed E-state index contributed by atoms with van der Waals surface area (Å²) >= 11 is 0. The molecule has 2 heterocycles. The van der Waals surface area contributed by atoms with Gasteiger partial charge in [0.05, 0.1) is 17.2 Å². The van der Waals surface area contributed by atoms with Gasteiger partial charge in [-0.25, -0.2) is 4.98 Å². The molecule has 1 N–H and O–H groups in total. The summed E-state index contributed by atoms with van der Waals surface area (Å²) in [7, 11) is 0. The van der Waals surface area contributed by atoms with Crippen molar-refractivity contribution in [3.05, 3.63) is 36.3 Å². The maximum atomic E-state index is 10.8. The van der Waals surface area contributed by atoms with Gasteiger partial charge in [0, 0.05) is 12.4 Å². The van der Waals surface area contributed by atoms with Crippen LogP contribution >= 0.6 is 0 Å². The normalized spacial score (nSPS) is 27.4. The molecule has 0 amide bonds. The van der Waals surface area contributed by atoms with Gasteiger partial charge in [-0.3, -0.25) is 0 Å². The zero-order valence-corrected chi connectivity index (χ0v) is 12.4. The second kappa shape index (κ2) is 5.50. The van der Waals surface area contributed by atoms with E-state index in [1.54, 1.807) is 0 Å². The molecule has 0 aromatic carbocycles. The van der Waals surface area contributed by atoms with Crippen LogP contribution in [0.1, 0.15) is 50.8 Å². The standard InChI is InChI=1S/C17H21N3O/c1-2-13-6-8-17(12-18,9-7-13)16(21)14-11-20-10-4-3-5-15(20)19-14/h3-5,10-11,13,16,21H,2,6-9H2,1H3. The van der Waals surface area contributed by atoms with Crippen LogP contribution in [0.15, 0.2) is 30.6 Å². The SMILES string of the molecule is CCC1CCC(C#N)(C(O)c2cn3ccccc3n2)CC1. The largest absolute Gasteiger partial charge is 0.385 e. The van der Waals surface area contributed by atoms with Gasteiger partial charge in [0.1, 0.15) is 11.8 Å². The molecular weight excluding hydrogens is 262 g/mol. The Labute approximate surface area is 125 Å². The van der Waals surface area contributed by atoms with Crippen molar-refractivity contribution in [2.75, 3.05) is 0 Å². The molecule has 0 aliphatic heterocycles. The summed E-state index contributed by atoms with van der Waals surface area (Å²) in [4.78, 5) is 4.48. The van der Waals surface area contributed by atoms with E-state index in [9.17, 15) is 10.4 Å². The van der Waals surface area contributed by atoms with Gasteiger partial charge in [0.15, 0.2) is 0 Å². The van der Waals surface area contributed by atoms with Crippen molar-refractivity contribution in [2.45, 2.75) is 45.1 Å². The summed E-state index contributed by atoms with van der Waals surface area (Å²) in [6.45, 7) is 2.20. The van der Waals surface area contributed by atoms with Crippen LogP contribution in [0.2, 0.25) is 0 Å². The quantitative estimate of drug-likeness (QED) is 0.938. The van der Waals surface area contributed by atoms with Crippen LogP contribution in [0.3, 0.4) is 0 Å². The number of nitriles is 1. The maximum Gasteiger partial charge on any atom is 0.137 e. The van der Waals surface area contributed by atoms with E-state index >= 15 is 0 Å². The topological polar surface area (TPSA) is 61.3 Å². The van der Waals surface area contributed by atoms with Gasteiger partial charge in [-0.2, -0.15) is 5.26 Å². The van der Waals surface area contributed by atoms with Crippen molar-refractivity contribution in [1.82, 2.24) is 9.38 Å². The molecule has 110 valence electrons. The molecule has 2 aromatic rings. The molecule has 0 bridgehead atoms. The number of pyridine rings is 1. The number of fused-ring (bicyclic) bond motifs is 1. The third-order valence-corrected chi connectivity index (χ3v) is 4.98. The Morgan fingerprint density at radius 2 is 2.24 bits per heavy atom. The predicted molar refractivity (Wildman–Crippen MR) is 80.4 cm³/mol. The molecule has 4 nitrogen and oxygen atoms in total. The fourth-order valence-corrected chi connectivity index (χ4v) is 3.42. The first-order chi connectivity index (χ1) is 10.2. The average Bonchev–Trinajstić information content (AvgIpc) is 2.98. The van der Waals surface area contributed by atoms with Crippen molar-refractivity contribution >= 4 is 5.65 Å². The van der Waals surface area contributed by atoms with Crippen molar-refractivity contribution in [2.24, 2.45) is 11.3 Å². The highest BCUT2D eigenvalue weighted by molar-refractivity contribution is 5.40. The summed E-state index contributed by atoms with van der Waals surface area (Å²) in [5, 5.41) is 20.4. The summed E-state index contributed by atoms with van der Waals surface area (Å²) in [5.74, 6) is 0.694. The lowest BCUT2D eigenvalue weighted by Gasteiger charge is -2.37. The number of hydrogen-bond donors (Lipinski definition) is 1. The Balaban J connectivity index is 1.89. The van der Waals surface area contributed by atoms with Crippen LogP contribution < -0.4 is 0 Å². The Morgan fingerprint density at radius 3 is 2.86 bits per heavy atom. The molecule has 1 saturated carbocycles. The fraction of sp³-hybridized carbons (Fsp3) is 0.529. The molecule has 0 spiro atoms. The van der Waals surface area contributed by atoms with E-state index in [-0.39, 0.29) is 0 Å². The first-order valence-corrected chi connectivity index (χ1v) is 7.71. The van der Waals surface area contributed by atoms with Gasteiger partial charge in [-0.05, 0) is 43.7 Å². The first-order valence-electron chi connectivity index (χ1n) is 7.71. The first kappa shape index (κ1) is 14.1. The molecule has 1 aliphatic rings. The van der Waals surface area contributed by atoms with E-state index in [2.05, 4.69) is 18.0 Å². The minimum Gasteiger partial charge on any atom is -0.385 e. The monoisotopic (exact) mass is 283 g/mol. The number of aromatic nitrogens is 2. The lowest BCUT2D eigenvalue weighted by molar-refractivity contribution is 0.0217. The molecule has 1 unspecified atom stereocenters. The third-order valence-electron chi connectivity index (χ3n) is 4.98. The Hall–Kier alpha value is -1.86. The van der Waals surface area contributed by atoms with Crippen molar-refractivity contribution < 1.29 is 5.11 Å². The zero-order chi connectivity index (χ0) is 14.9. The Bertz CT molecular complexity index is 629. The van der Waals surface area contributed by atoms with Crippen LogP contribution in [-0.2, 0) is 0 Å². The van der Waals surface area contributed by atoms with Gasteiger partial charge in [-0.15, -0.1) is 0 Å². The second-order valence-electron chi connectivity index (χ2n) is 6.15. The van der Waals surface area contributed by atoms with E-state index in [0.717, 1.165) is 37.8 Å². The van der Waals surface area contributed by atoms with Crippen LogP contribution in [0.4, 0.5) is 0 Å². The van der Waals surface area contributed by atoms with Gasteiger partial charge in [0.25, 0.3) is 0 Å². The molecule has 4 heteroatoms. The van der Waals surface area contributed by atoms with Crippen LogP contribution in [0.25, 0.3) is 5.65 Å². The number of rotatable bonds is 3. The number of aliphatic hydroxyl groups excluding tert-OH is 1. The van der Waals surface area contributed by atoms with Crippen molar-refractivity contribution in [3.63, 3.8) is 0 Å². The predicted octanol–water partition coefficient (Wildman–Crippen LogP) is 3.48. The van der Waals surface area contributed by atoms with Crippen molar-refractivity contribution in [1.29, 1.82) is 5.26 Å². The summed E-state index contributed by atoms with van der Waals surface area (Å²) < 4.78 is 1.89. The van der Waals surface area contributed by atoms with Gasteiger partial charge in [0.2, 0.25) is 0 Å². The highest BCUT2D eigenvalue weighted by Crippen LogP contribution is 2.47. The highest BCUT2D eigenvalue weighted by atomic mass is 16.3. The highest BCUT2D eigenvalue weighted by Gasteiger charge is 2.43. The number of nitrogens with zero attached hydrogens (tertiary/aromatic N) is 3. The molecule has 0 saturated heterocycles. The molecule has 1 aliphatic carbocycles. The molecule has 1 fully saturated rings. The van der Waals surface area contributed by atoms with Crippen LogP contribution in [0, 0.1) is 22.7 Å². The molecule has 3 rings (SSSR count). The molecular formula is C17H21N3O.